The number of nitrogens with zero attached hydrogens (tertiary/aromatic N) is 3. The standard InChI is InChI=1S/C25H29N3O7/c29-21(30)15-27(16-22(31)32)11-12-28-24(33)18-6-4-5-17-20(8-7-19(23(17)18)25(28)34)35-14-13-26-9-2-1-3-10-26/h4-8H,1-3,9-16H2,(H,29,30)(H,31,32). The summed E-state index contributed by atoms with van der Waals surface area (Å²) in [5, 5.41) is 19.3. The average Bonchev–Trinajstić information content (AvgIpc) is 2.82. The van der Waals surface area contributed by atoms with Crippen molar-refractivity contribution in [1.29, 1.82) is 0 Å². The van der Waals surface area contributed by atoms with Crippen LogP contribution in [0, 0.1) is 0 Å². The van der Waals surface area contributed by atoms with Crippen molar-refractivity contribution in [1.82, 2.24) is 14.7 Å². The van der Waals surface area contributed by atoms with Crippen LogP contribution in [0.1, 0.15) is 40.0 Å². The highest BCUT2D eigenvalue weighted by Crippen LogP contribution is 2.35. The summed E-state index contributed by atoms with van der Waals surface area (Å²) in [6.07, 6.45) is 3.67. The number of carbonyl (C=O) groups is 4. The van der Waals surface area contributed by atoms with E-state index in [4.69, 9.17) is 14.9 Å². The van der Waals surface area contributed by atoms with Crippen molar-refractivity contribution in [2.75, 3.05) is 52.4 Å². The molecule has 2 aromatic rings. The van der Waals surface area contributed by atoms with Gasteiger partial charge in [0, 0.05) is 41.5 Å². The number of likely N-dealkylation sites (tertiary alicyclic amines) is 1. The van der Waals surface area contributed by atoms with E-state index in [1.165, 1.54) is 24.2 Å². The normalized spacial score (nSPS) is 16.2. The molecule has 0 unspecified atom stereocenters. The summed E-state index contributed by atoms with van der Waals surface area (Å²) < 4.78 is 6.06. The topological polar surface area (TPSA) is 128 Å². The molecule has 1 fully saturated rings. The minimum atomic E-state index is -1.19. The first-order valence-corrected chi connectivity index (χ1v) is 11.8. The van der Waals surface area contributed by atoms with Gasteiger partial charge >= 0.3 is 11.9 Å². The fourth-order valence-electron chi connectivity index (χ4n) is 4.75. The Morgan fingerprint density at radius 2 is 1.54 bits per heavy atom. The molecule has 2 N–H and O–H groups in total. The Labute approximate surface area is 202 Å². The Balaban J connectivity index is 1.51. The van der Waals surface area contributed by atoms with Crippen molar-refractivity contribution >= 4 is 34.5 Å². The Hall–Kier alpha value is -3.50. The first-order valence-electron chi connectivity index (χ1n) is 11.8. The SMILES string of the molecule is O=C(O)CN(CCN1C(=O)c2cccc3c(OCCN4CCCCC4)ccc(c23)C1=O)CC(=O)O. The van der Waals surface area contributed by atoms with Crippen molar-refractivity contribution in [2.45, 2.75) is 19.3 Å². The third-order valence-corrected chi connectivity index (χ3v) is 6.42. The molecule has 0 atom stereocenters. The lowest BCUT2D eigenvalue weighted by atomic mass is 9.93. The van der Waals surface area contributed by atoms with Gasteiger partial charge in [0.1, 0.15) is 12.4 Å². The zero-order valence-electron chi connectivity index (χ0n) is 19.4. The molecule has 2 aliphatic rings. The zero-order chi connectivity index (χ0) is 24.9. The third-order valence-electron chi connectivity index (χ3n) is 6.42. The van der Waals surface area contributed by atoms with Gasteiger partial charge in [0.2, 0.25) is 0 Å². The number of carboxylic acids is 2. The Morgan fingerprint density at radius 3 is 2.20 bits per heavy atom. The number of ether oxygens (including phenoxy) is 1. The van der Waals surface area contributed by atoms with Crippen LogP contribution >= 0.6 is 0 Å². The Kier molecular flexibility index (Phi) is 7.62. The molecule has 35 heavy (non-hydrogen) atoms. The van der Waals surface area contributed by atoms with Crippen LogP contribution in [0.2, 0.25) is 0 Å². The molecule has 0 bridgehead atoms. The third kappa shape index (κ3) is 5.60. The second kappa shape index (κ2) is 10.8. The molecule has 0 spiro atoms. The lowest BCUT2D eigenvalue weighted by Gasteiger charge is -2.29. The number of piperidine rings is 1. The summed E-state index contributed by atoms with van der Waals surface area (Å²) in [6.45, 7) is 2.26. The summed E-state index contributed by atoms with van der Waals surface area (Å²) in [5.74, 6) is -2.75. The van der Waals surface area contributed by atoms with E-state index >= 15 is 0 Å². The highest BCUT2D eigenvalue weighted by atomic mass is 16.5. The summed E-state index contributed by atoms with van der Waals surface area (Å²) in [7, 11) is 0. The van der Waals surface area contributed by atoms with Gasteiger partial charge in [-0.2, -0.15) is 0 Å². The van der Waals surface area contributed by atoms with Gasteiger partial charge in [0.25, 0.3) is 11.8 Å². The molecule has 0 aliphatic carbocycles. The maximum absolute atomic E-state index is 13.2. The molecule has 4 rings (SSSR count). The van der Waals surface area contributed by atoms with Crippen LogP contribution in [0.5, 0.6) is 5.75 Å². The summed E-state index contributed by atoms with van der Waals surface area (Å²) in [5.41, 5.74) is 0.725. The van der Waals surface area contributed by atoms with Gasteiger partial charge in [-0.1, -0.05) is 18.6 Å². The fourth-order valence-corrected chi connectivity index (χ4v) is 4.75. The van der Waals surface area contributed by atoms with E-state index in [9.17, 15) is 19.2 Å². The Morgan fingerprint density at radius 1 is 0.886 bits per heavy atom. The van der Waals surface area contributed by atoms with Crippen LogP contribution in [-0.4, -0.2) is 101 Å². The number of imide groups is 1. The average molecular weight is 484 g/mol. The van der Waals surface area contributed by atoms with Crippen LogP contribution in [-0.2, 0) is 9.59 Å². The molecule has 2 aromatic carbocycles. The zero-order valence-corrected chi connectivity index (χ0v) is 19.4. The van der Waals surface area contributed by atoms with Gasteiger partial charge in [-0.3, -0.25) is 33.9 Å². The monoisotopic (exact) mass is 483 g/mol. The van der Waals surface area contributed by atoms with Crippen LogP contribution in [0.15, 0.2) is 30.3 Å². The molecule has 2 aliphatic heterocycles. The van der Waals surface area contributed by atoms with E-state index in [0.717, 1.165) is 24.5 Å². The van der Waals surface area contributed by atoms with E-state index in [1.807, 2.05) is 6.07 Å². The lowest BCUT2D eigenvalue weighted by molar-refractivity contribution is -0.141. The van der Waals surface area contributed by atoms with E-state index in [0.29, 0.717) is 34.3 Å². The van der Waals surface area contributed by atoms with Crippen LogP contribution < -0.4 is 4.74 Å². The highest BCUT2D eigenvalue weighted by molar-refractivity contribution is 6.26. The second-order valence-electron chi connectivity index (χ2n) is 8.85. The van der Waals surface area contributed by atoms with E-state index in [2.05, 4.69) is 4.90 Å². The molecule has 186 valence electrons. The number of hydrogen-bond acceptors (Lipinski definition) is 7. The maximum atomic E-state index is 13.2. The minimum absolute atomic E-state index is 0.0704. The number of hydrogen-bond donors (Lipinski definition) is 2. The smallest absolute Gasteiger partial charge is 0.317 e. The van der Waals surface area contributed by atoms with Gasteiger partial charge < -0.3 is 14.9 Å². The molecular formula is C25H29N3O7. The number of amides is 2. The van der Waals surface area contributed by atoms with Gasteiger partial charge in [0.15, 0.2) is 0 Å². The number of carboxylic acid groups (broad SMARTS) is 2. The van der Waals surface area contributed by atoms with Gasteiger partial charge in [-0.05, 0) is 44.1 Å². The summed E-state index contributed by atoms with van der Waals surface area (Å²) in [4.78, 5) is 53.1. The van der Waals surface area contributed by atoms with Crippen molar-refractivity contribution in [2.24, 2.45) is 0 Å². The van der Waals surface area contributed by atoms with Crippen LogP contribution in [0.3, 0.4) is 0 Å². The molecule has 1 saturated heterocycles. The fraction of sp³-hybridized carbons (Fsp3) is 0.440. The predicted octanol–water partition coefficient (Wildman–Crippen LogP) is 1.77. The van der Waals surface area contributed by atoms with E-state index in [1.54, 1.807) is 24.3 Å². The molecular weight excluding hydrogens is 454 g/mol. The van der Waals surface area contributed by atoms with Crippen LogP contribution in [0.4, 0.5) is 0 Å². The lowest BCUT2D eigenvalue weighted by Crippen LogP contribution is -2.46. The second-order valence-corrected chi connectivity index (χ2v) is 8.85. The first kappa shape index (κ1) is 24.6. The molecule has 0 radical (unpaired) electrons. The minimum Gasteiger partial charge on any atom is -0.492 e. The number of benzene rings is 2. The molecule has 2 heterocycles. The largest absolute Gasteiger partial charge is 0.492 e. The maximum Gasteiger partial charge on any atom is 0.317 e. The van der Waals surface area contributed by atoms with Crippen molar-refractivity contribution < 1.29 is 34.1 Å². The molecule has 0 saturated carbocycles. The molecule has 0 aromatic heterocycles. The molecule has 2 amide bonds. The van der Waals surface area contributed by atoms with E-state index < -0.39 is 36.8 Å². The first-order chi connectivity index (χ1) is 16.8. The molecule has 10 heteroatoms. The summed E-state index contributed by atoms with van der Waals surface area (Å²) in [6, 6.07) is 8.61. The quantitative estimate of drug-likeness (QED) is 0.460. The van der Waals surface area contributed by atoms with Gasteiger partial charge in [0.05, 0.1) is 13.1 Å². The van der Waals surface area contributed by atoms with Gasteiger partial charge in [-0.15, -0.1) is 0 Å². The van der Waals surface area contributed by atoms with E-state index in [-0.39, 0.29) is 13.1 Å². The van der Waals surface area contributed by atoms with Gasteiger partial charge in [-0.25, -0.2) is 0 Å². The van der Waals surface area contributed by atoms with Crippen LogP contribution in [0.25, 0.3) is 10.8 Å². The summed E-state index contributed by atoms with van der Waals surface area (Å²) >= 11 is 0. The number of rotatable bonds is 11. The number of aliphatic carboxylic acids is 2. The van der Waals surface area contributed by atoms with Crippen molar-refractivity contribution in [3.63, 3.8) is 0 Å². The highest BCUT2D eigenvalue weighted by Gasteiger charge is 2.33. The predicted molar refractivity (Wildman–Crippen MR) is 127 cm³/mol. The Bertz CT molecular complexity index is 1110. The number of carbonyl (C=O) groups excluding carboxylic acids is 2. The molecule has 10 nitrogen and oxygen atoms in total. The van der Waals surface area contributed by atoms with Crippen molar-refractivity contribution in [3.8, 4) is 5.75 Å². The van der Waals surface area contributed by atoms with Crippen molar-refractivity contribution in [3.05, 3.63) is 41.5 Å².